The monoisotopic (exact) mass is 194 g/mol. The van der Waals surface area contributed by atoms with Gasteiger partial charge in [0.25, 0.3) is 0 Å². The molecule has 13 heavy (non-hydrogen) atoms. The van der Waals surface area contributed by atoms with E-state index in [9.17, 15) is 4.79 Å². The highest BCUT2D eigenvalue weighted by Gasteiger charge is 1.94. The first-order valence-corrected chi connectivity index (χ1v) is 4.29. The first-order valence-electron chi connectivity index (χ1n) is 3.41. The number of amides is 1. The van der Waals surface area contributed by atoms with Gasteiger partial charge in [-0.1, -0.05) is 0 Å². The zero-order chi connectivity index (χ0) is 9.68. The summed E-state index contributed by atoms with van der Waals surface area (Å²) in [6.07, 6.45) is 2.70. The van der Waals surface area contributed by atoms with Crippen molar-refractivity contribution >= 4 is 23.3 Å². The van der Waals surface area contributed by atoms with Gasteiger partial charge in [-0.2, -0.15) is 0 Å². The van der Waals surface area contributed by atoms with E-state index in [0.29, 0.717) is 5.69 Å². The topological polar surface area (TPSA) is 78.7 Å². The Hall–Kier alpha value is -1.65. The van der Waals surface area contributed by atoms with Gasteiger partial charge in [0.05, 0.1) is 10.7 Å². The number of aromatic nitrogens is 1. The quantitative estimate of drug-likeness (QED) is 0.313. The van der Waals surface area contributed by atoms with Gasteiger partial charge in [-0.3, -0.25) is 4.79 Å². The molecule has 0 bridgehead atoms. The fourth-order valence-corrected chi connectivity index (χ4v) is 1.27. The van der Waals surface area contributed by atoms with Gasteiger partial charge in [0.15, 0.2) is 0 Å². The lowest BCUT2D eigenvalue weighted by molar-refractivity contribution is -0.113. The number of hydrogen-bond acceptors (Lipinski definition) is 3. The summed E-state index contributed by atoms with van der Waals surface area (Å²) >= 11 is 1.49. The summed E-state index contributed by atoms with van der Waals surface area (Å²) in [6.45, 7) is 1.87. The maximum atomic E-state index is 10.7. The van der Waals surface area contributed by atoms with Crippen LogP contribution in [0.1, 0.15) is 10.7 Å². The molecule has 0 saturated heterocycles. The van der Waals surface area contributed by atoms with Crippen molar-refractivity contribution in [3.05, 3.63) is 32.6 Å². The number of rotatable bonds is 2. The van der Waals surface area contributed by atoms with Crippen molar-refractivity contribution in [3.63, 3.8) is 0 Å². The van der Waals surface area contributed by atoms with Crippen LogP contribution >= 0.6 is 11.3 Å². The number of thiazole rings is 1. The third kappa shape index (κ3) is 3.06. The second kappa shape index (κ2) is 4.39. The molecule has 0 spiro atoms. The summed E-state index contributed by atoms with van der Waals surface area (Å²) in [4.78, 5) is 17.1. The Morgan fingerprint density at radius 2 is 2.62 bits per heavy atom. The maximum Gasteiger partial charge on any atom is 0.242 e. The Morgan fingerprint density at radius 1 is 1.85 bits per heavy atom. The number of nitrogens with zero attached hydrogens (tertiary/aromatic N) is 4. The number of aryl methyl sites for hydroxylation is 1. The van der Waals surface area contributed by atoms with Gasteiger partial charge in [-0.05, 0) is 29.7 Å². The predicted molar refractivity (Wildman–Crippen MR) is 50.0 cm³/mol. The number of azide groups is 1. The molecule has 0 aliphatic rings. The smallest absolute Gasteiger partial charge is 0.242 e. The van der Waals surface area contributed by atoms with Crippen LogP contribution in [-0.4, -0.2) is 10.9 Å². The van der Waals surface area contributed by atoms with Crippen molar-refractivity contribution in [2.24, 2.45) is 5.11 Å². The molecule has 1 aromatic heterocycles. The van der Waals surface area contributed by atoms with Gasteiger partial charge in [0, 0.05) is 10.3 Å². The van der Waals surface area contributed by atoms with Crippen LogP contribution in [0.25, 0.3) is 16.5 Å². The van der Waals surface area contributed by atoms with E-state index in [0.717, 1.165) is 5.01 Å². The van der Waals surface area contributed by atoms with E-state index in [1.54, 1.807) is 0 Å². The molecular weight excluding hydrogens is 188 g/mol. The Labute approximate surface area is 78.4 Å². The molecule has 5 nitrogen and oxygen atoms in total. The van der Waals surface area contributed by atoms with Gasteiger partial charge in [-0.25, -0.2) is 4.98 Å². The van der Waals surface area contributed by atoms with E-state index >= 15 is 0 Å². The molecule has 66 valence electrons. The molecule has 6 heteroatoms. The highest BCUT2D eigenvalue weighted by molar-refractivity contribution is 7.09. The predicted octanol–water partition coefficient (Wildman–Crippen LogP) is 2.30. The van der Waals surface area contributed by atoms with Crippen molar-refractivity contribution < 1.29 is 4.79 Å². The summed E-state index contributed by atoms with van der Waals surface area (Å²) in [6, 6.07) is 0. The molecule has 0 aliphatic carbocycles. The second-order valence-corrected chi connectivity index (χ2v) is 3.21. The molecule has 1 aromatic rings. The Balaban J connectivity index is 2.68. The lowest BCUT2D eigenvalue weighted by Crippen LogP contribution is -1.82. The number of carbonyl (C=O) groups is 1. The lowest BCUT2D eigenvalue weighted by Gasteiger charge is -1.80. The van der Waals surface area contributed by atoms with Crippen molar-refractivity contribution in [1.29, 1.82) is 0 Å². The molecule has 1 rings (SSSR count). The van der Waals surface area contributed by atoms with Crippen LogP contribution < -0.4 is 0 Å². The van der Waals surface area contributed by atoms with Crippen LogP contribution in [0.2, 0.25) is 0 Å². The summed E-state index contributed by atoms with van der Waals surface area (Å²) in [7, 11) is 0. The van der Waals surface area contributed by atoms with E-state index in [2.05, 4.69) is 15.0 Å². The average molecular weight is 194 g/mol. The van der Waals surface area contributed by atoms with Crippen LogP contribution in [0, 0.1) is 6.92 Å². The van der Waals surface area contributed by atoms with Crippen LogP contribution in [-0.2, 0) is 4.79 Å². The molecule has 0 unspecified atom stereocenters. The normalized spacial score (nSPS) is 9.92. The zero-order valence-electron chi connectivity index (χ0n) is 6.84. The Morgan fingerprint density at radius 3 is 3.15 bits per heavy atom. The van der Waals surface area contributed by atoms with Gasteiger partial charge in [0.1, 0.15) is 0 Å². The SMILES string of the molecule is Cc1nc(/C=C/C(=O)N=[N+]=[N-])cs1. The molecule has 0 aromatic carbocycles. The van der Waals surface area contributed by atoms with Crippen LogP contribution in [0.15, 0.2) is 16.6 Å². The van der Waals surface area contributed by atoms with Gasteiger partial charge in [0.2, 0.25) is 5.91 Å². The van der Waals surface area contributed by atoms with E-state index in [1.807, 2.05) is 12.3 Å². The fourth-order valence-electron chi connectivity index (χ4n) is 0.691. The van der Waals surface area contributed by atoms with Crippen molar-refractivity contribution in [2.45, 2.75) is 6.92 Å². The summed E-state index contributed by atoms with van der Waals surface area (Å²) in [5.74, 6) is -0.617. The minimum Gasteiger partial charge on any atom is -0.288 e. The third-order valence-corrected chi connectivity index (χ3v) is 1.97. The van der Waals surface area contributed by atoms with Crippen molar-refractivity contribution in [3.8, 4) is 0 Å². The van der Waals surface area contributed by atoms with E-state index in [1.165, 1.54) is 23.5 Å². The molecule has 1 amide bonds. The number of carbonyl (C=O) groups excluding carboxylic acids is 1. The molecular formula is C7H6N4OS. The third-order valence-electron chi connectivity index (χ3n) is 1.18. The first kappa shape index (κ1) is 9.44. The first-order chi connectivity index (χ1) is 6.22. The molecule has 0 fully saturated rings. The Bertz CT molecular complexity index is 389. The summed E-state index contributed by atoms with van der Waals surface area (Å²) in [5, 5.41) is 5.62. The lowest BCUT2D eigenvalue weighted by atomic mass is 10.4. The minimum atomic E-state index is -0.617. The van der Waals surface area contributed by atoms with E-state index in [-0.39, 0.29) is 0 Å². The molecule has 0 aliphatic heterocycles. The zero-order valence-corrected chi connectivity index (χ0v) is 7.65. The van der Waals surface area contributed by atoms with Crippen molar-refractivity contribution in [2.75, 3.05) is 0 Å². The van der Waals surface area contributed by atoms with Crippen LogP contribution in [0.4, 0.5) is 0 Å². The van der Waals surface area contributed by atoms with Crippen LogP contribution in [0.3, 0.4) is 0 Å². The molecule has 0 radical (unpaired) electrons. The Kier molecular flexibility index (Phi) is 3.19. The summed E-state index contributed by atoms with van der Waals surface area (Å²) in [5.41, 5.74) is 8.63. The number of hydrogen-bond donors (Lipinski definition) is 0. The van der Waals surface area contributed by atoms with E-state index < -0.39 is 5.91 Å². The fraction of sp³-hybridized carbons (Fsp3) is 0.143. The summed E-state index contributed by atoms with van der Waals surface area (Å²) < 4.78 is 0. The average Bonchev–Trinajstić information content (AvgIpc) is 2.49. The standard InChI is InChI=1S/C7H6N4OS/c1-5-9-6(4-13-5)2-3-7(12)10-11-8/h2-4H,1H3/b3-2+. The maximum absolute atomic E-state index is 10.7. The molecule has 0 atom stereocenters. The molecule has 0 N–H and O–H groups in total. The second-order valence-electron chi connectivity index (χ2n) is 2.15. The largest absolute Gasteiger partial charge is 0.288 e. The van der Waals surface area contributed by atoms with Gasteiger partial charge in [-0.15, -0.1) is 11.3 Å². The van der Waals surface area contributed by atoms with Crippen molar-refractivity contribution in [1.82, 2.24) is 4.98 Å². The molecule has 0 saturated carbocycles. The van der Waals surface area contributed by atoms with E-state index in [4.69, 9.17) is 5.53 Å². The minimum absolute atomic E-state index is 0.617. The molecule has 1 heterocycles. The highest BCUT2D eigenvalue weighted by atomic mass is 32.1. The van der Waals surface area contributed by atoms with Crippen LogP contribution in [0.5, 0.6) is 0 Å². The van der Waals surface area contributed by atoms with Gasteiger partial charge < -0.3 is 0 Å². The highest BCUT2D eigenvalue weighted by Crippen LogP contribution is 2.08. The van der Waals surface area contributed by atoms with Gasteiger partial charge >= 0.3 is 0 Å².